The van der Waals surface area contributed by atoms with E-state index in [0.717, 1.165) is 22.3 Å². The molecule has 2 nitrogen and oxygen atoms in total. The van der Waals surface area contributed by atoms with Gasteiger partial charge < -0.3 is 0 Å². The van der Waals surface area contributed by atoms with Crippen molar-refractivity contribution in [1.82, 2.24) is 0 Å². The Bertz CT molecular complexity index is 894. The van der Waals surface area contributed by atoms with Crippen LogP contribution in [0.3, 0.4) is 0 Å². The first kappa shape index (κ1) is 15.9. The smallest absolute Gasteiger partial charge is 0.161 e. The zero-order valence-corrected chi connectivity index (χ0v) is 13.7. The van der Waals surface area contributed by atoms with Gasteiger partial charge in [0.25, 0.3) is 0 Å². The molecule has 0 saturated heterocycles. The van der Waals surface area contributed by atoms with Crippen LogP contribution in [0.2, 0.25) is 0 Å². The van der Waals surface area contributed by atoms with Gasteiger partial charge in [0.2, 0.25) is 0 Å². The van der Waals surface area contributed by atoms with Crippen molar-refractivity contribution in [2.45, 2.75) is 13.8 Å². The van der Waals surface area contributed by atoms with Crippen molar-refractivity contribution in [1.29, 1.82) is 0 Å². The quantitative estimate of drug-likeness (QED) is 0.602. The van der Waals surface area contributed by atoms with Gasteiger partial charge in [-0.3, -0.25) is 9.59 Å². The van der Waals surface area contributed by atoms with Gasteiger partial charge in [0.05, 0.1) is 0 Å². The number of benzene rings is 3. The minimum Gasteiger partial charge on any atom is -0.294 e. The molecule has 0 atom stereocenters. The maximum absolute atomic E-state index is 12.4. The molecule has 0 N–H and O–H groups in total. The van der Waals surface area contributed by atoms with Crippen LogP contribution in [-0.4, -0.2) is 11.6 Å². The molecule has 0 bridgehead atoms. The molecular weight excluding hydrogens is 296 g/mol. The Kier molecular flexibility index (Phi) is 4.39. The van der Waals surface area contributed by atoms with Crippen LogP contribution in [0.5, 0.6) is 0 Å². The van der Waals surface area contributed by atoms with E-state index in [1.807, 2.05) is 66.7 Å². The molecule has 0 fully saturated rings. The summed E-state index contributed by atoms with van der Waals surface area (Å²) in [7, 11) is 0. The lowest BCUT2D eigenvalue weighted by Crippen LogP contribution is -2.07. The highest BCUT2D eigenvalue weighted by Crippen LogP contribution is 2.37. The maximum atomic E-state index is 12.4. The van der Waals surface area contributed by atoms with Crippen LogP contribution >= 0.6 is 0 Å². The molecule has 0 saturated carbocycles. The van der Waals surface area contributed by atoms with E-state index in [1.54, 1.807) is 6.07 Å². The standard InChI is InChI=1S/C22H18O2/c1-15(23)19-13-14-20(17-9-5-3-6-10-17)22(21(19)16(2)24)18-11-7-4-8-12-18/h3-14H,1-2H3. The lowest BCUT2D eigenvalue weighted by molar-refractivity contribution is 0.0981. The summed E-state index contributed by atoms with van der Waals surface area (Å²) in [5.41, 5.74) is 4.70. The van der Waals surface area contributed by atoms with Crippen LogP contribution in [0.25, 0.3) is 22.3 Å². The van der Waals surface area contributed by atoms with Crippen molar-refractivity contribution in [3.8, 4) is 22.3 Å². The van der Waals surface area contributed by atoms with Gasteiger partial charge in [0.15, 0.2) is 11.6 Å². The summed E-state index contributed by atoms with van der Waals surface area (Å²) < 4.78 is 0. The predicted molar refractivity (Wildman–Crippen MR) is 97.3 cm³/mol. The number of carbonyl (C=O) groups excluding carboxylic acids is 2. The fraction of sp³-hybridized carbons (Fsp3) is 0.0909. The molecule has 3 rings (SSSR count). The Morgan fingerprint density at radius 2 is 1.17 bits per heavy atom. The number of carbonyl (C=O) groups is 2. The SMILES string of the molecule is CC(=O)c1ccc(-c2ccccc2)c(-c2ccccc2)c1C(C)=O. The molecule has 0 aliphatic heterocycles. The number of hydrogen-bond donors (Lipinski definition) is 0. The van der Waals surface area contributed by atoms with Crippen molar-refractivity contribution in [3.63, 3.8) is 0 Å². The largest absolute Gasteiger partial charge is 0.294 e. The summed E-state index contributed by atoms with van der Waals surface area (Å²) >= 11 is 0. The molecular formula is C22H18O2. The van der Waals surface area contributed by atoms with E-state index in [-0.39, 0.29) is 11.6 Å². The number of hydrogen-bond acceptors (Lipinski definition) is 2. The molecule has 0 aliphatic rings. The van der Waals surface area contributed by atoms with Gasteiger partial charge >= 0.3 is 0 Å². The number of Topliss-reactive ketones (excluding diaryl/α,β-unsaturated/α-hetero) is 2. The predicted octanol–water partition coefficient (Wildman–Crippen LogP) is 5.43. The lowest BCUT2D eigenvalue weighted by Gasteiger charge is -2.17. The first-order valence-electron chi connectivity index (χ1n) is 7.89. The van der Waals surface area contributed by atoms with E-state index in [0.29, 0.717) is 11.1 Å². The second kappa shape index (κ2) is 6.63. The Morgan fingerprint density at radius 1 is 0.625 bits per heavy atom. The van der Waals surface area contributed by atoms with Crippen molar-refractivity contribution in [2.75, 3.05) is 0 Å². The van der Waals surface area contributed by atoms with Gasteiger partial charge in [-0.15, -0.1) is 0 Å². The van der Waals surface area contributed by atoms with Crippen LogP contribution in [-0.2, 0) is 0 Å². The van der Waals surface area contributed by atoms with Crippen LogP contribution in [0.15, 0.2) is 72.8 Å². The van der Waals surface area contributed by atoms with Crippen molar-refractivity contribution >= 4 is 11.6 Å². The van der Waals surface area contributed by atoms with E-state index in [9.17, 15) is 9.59 Å². The summed E-state index contributed by atoms with van der Waals surface area (Å²) in [5.74, 6) is -0.200. The molecule has 0 amide bonds. The third-order valence-electron chi connectivity index (χ3n) is 4.08. The Hall–Kier alpha value is -3.00. The maximum Gasteiger partial charge on any atom is 0.161 e. The third kappa shape index (κ3) is 2.91. The minimum absolute atomic E-state index is 0.100. The number of rotatable bonds is 4. The zero-order chi connectivity index (χ0) is 17.1. The fourth-order valence-corrected chi connectivity index (χ4v) is 3.02. The highest BCUT2D eigenvalue weighted by atomic mass is 16.1. The summed E-state index contributed by atoms with van der Waals surface area (Å²) in [6, 6.07) is 23.4. The van der Waals surface area contributed by atoms with E-state index in [4.69, 9.17) is 0 Å². The van der Waals surface area contributed by atoms with Crippen LogP contribution in [0.4, 0.5) is 0 Å². The Balaban J connectivity index is 2.42. The van der Waals surface area contributed by atoms with Gasteiger partial charge in [-0.1, -0.05) is 72.8 Å². The first-order valence-corrected chi connectivity index (χ1v) is 7.89. The molecule has 24 heavy (non-hydrogen) atoms. The van der Waals surface area contributed by atoms with Gasteiger partial charge in [-0.2, -0.15) is 0 Å². The van der Waals surface area contributed by atoms with Crippen LogP contribution < -0.4 is 0 Å². The van der Waals surface area contributed by atoms with Gasteiger partial charge in [-0.25, -0.2) is 0 Å². The fourth-order valence-electron chi connectivity index (χ4n) is 3.02. The average molecular weight is 314 g/mol. The van der Waals surface area contributed by atoms with Gasteiger partial charge in [0, 0.05) is 16.7 Å². The topological polar surface area (TPSA) is 34.1 Å². The van der Waals surface area contributed by atoms with Crippen molar-refractivity contribution in [2.24, 2.45) is 0 Å². The van der Waals surface area contributed by atoms with E-state index < -0.39 is 0 Å². The van der Waals surface area contributed by atoms with E-state index in [1.165, 1.54) is 13.8 Å². The molecule has 0 heterocycles. The average Bonchev–Trinajstić information content (AvgIpc) is 2.61. The molecule has 0 spiro atoms. The first-order chi connectivity index (χ1) is 11.6. The van der Waals surface area contributed by atoms with Gasteiger partial charge in [-0.05, 0) is 30.5 Å². The van der Waals surface area contributed by atoms with Gasteiger partial charge in [0.1, 0.15) is 0 Å². The molecule has 0 aromatic heterocycles. The Labute approximate surface area is 141 Å². The normalized spacial score (nSPS) is 10.4. The summed E-state index contributed by atoms with van der Waals surface area (Å²) in [6.07, 6.45) is 0. The minimum atomic E-state index is -0.100. The summed E-state index contributed by atoms with van der Waals surface area (Å²) in [6.45, 7) is 3.02. The Morgan fingerprint density at radius 3 is 1.67 bits per heavy atom. The number of ketones is 2. The molecule has 118 valence electrons. The summed E-state index contributed by atoms with van der Waals surface area (Å²) in [4.78, 5) is 24.4. The molecule has 3 aromatic rings. The molecule has 2 heteroatoms. The lowest BCUT2D eigenvalue weighted by atomic mass is 9.85. The van der Waals surface area contributed by atoms with E-state index in [2.05, 4.69) is 0 Å². The second-order valence-corrected chi connectivity index (χ2v) is 5.76. The highest BCUT2D eigenvalue weighted by molar-refractivity contribution is 6.13. The van der Waals surface area contributed by atoms with Crippen molar-refractivity contribution in [3.05, 3.63) is 83.9 Å². The second-order valence-electron chi connectivity index (χ2n) is 5.76. The van der Waals surface area contributed by atoms with E-state index >= 15 is 0 Å². The highest BCUT2D eigenvalue weighted by Gasteiger charge is 2.21. The molecule has 0 aliphatic carbocycles. The molecule has 0 radical (unpaired) electrons. The van der Waals surface area contributed by atoms with Crippen molar-refractivity contribution < 1.29 is 9.59 Å². The third-order valence-corrected chi connectivity index (χ3v) is 4.08. The molecule has 3 aromatic carbocycles. The van der Waals surface area contributed by atoms with Crippen LogP contribution in [0, 0.1) is 0 Å². The monoisotopic (exact) mass is 314 g/mol. The summed E-state index contributed by atoms with van der Waals surface area (Å²) in [5, 5.41) is 0. The van der Waals surface area contributed by atoms with Crippen LogP contribution in [0.1, 0.15) is 34.6 Å². The zero-order valence-electron chi connectivity index (χ0n) is 13.7. The molecule has 0 unspecified atom stereocenters.